The molecule has 5 heteroatoms. The van der Waals surface area contributed by atoms with Gasteiger partial charge < -0.3 is 10.6 Å². The summed E-state index contributed by atoms with van der Waals surface area (Å²) in [6, 6.07) is 5.96. The van der Waals surface area contributed by atoms with Crippen LogP contribution < -0.4 is 10.6 Å². The Hall–Kier alpha value is -1.10. The molecule has 1 aromatic carbocycles. The van der Waals surface area contributed by atoms with Gasteiger partial charge in [-0.3, -0.25) is 0 Å². The van der Waals surface area contributed by atoms with Crippen molar-refractivity contribution in [3.8, 4) is 0 Å². The van der Waals surface area contributed by atoms with E-state index in [0.717, 1.165) is 53.0 Å². The van der Waals surface area contributed by atoms with Crippen molar-refractivity contribution in [3.63, 3.8) is 0 Å². The predicted molar refractivity (Wildman–Crippen MR) is 88.5 cm³/mol. The maximum absolute atomic E-state index is 6.12. The highest BCUT2D eigenvalue weighted by atomic mass is 35.5. The minimum Gasteiger partial charge on any atom is -0.331 e. The van der Waals surface area contributed by atoms with Gasteiger partial charge in [0.05, 0.1) is 5.69 Å². The molecule has 3 nitrogen and oxygen atoms in total. The fourth-order valence-electron chi connectivity index (χ4n) is 1.79. The van der Waals surface area contributed by atoms with E-state index in [-0.39, 0.29) is 0 Å². The Morgan fingerprint density at radius 2 is 2.15 bits per heavy atom. The molecule has 0 spiro atoms. The fraction of sp³-hybridized carbons (Fsp3) is 0.400. The van der Waals surface area contributed by atoms with Crippen molar-refractivity contribution in [2.75, 3.05) is 18.4 Å². The summed E-state index contributed by atoms with van der Waals surface area (Å²) in [7, 11) is 0. The van der Waals surface area contributed by atoms with Crippen LogP contribution in [0, 0.1) is 6.92 Å². The predicted octanol–water partition coefficient (Wildman–Crippen LogP) is 4.39. The number of nitrogens with zero attached hydrogens (tertiary/aromatic N) is 1. The second-order valence-electron chi connectivity index (χ2n) is 4.73. The summed E-state index contributed by atoms with van der Waals surface area (Å²) >= 11 is 7.74. The minimum atomic E-state index is 0.774. The molecule has 0 bridgehead atoms. The summed E-state index contributed by atoms with van der Waals surface area (Å²) in [4.78, 5) is 4.58. The van der Waals surface area contributed by atoms with Crippen LogP contribution in [0.1, 0.15) is 24.6 Å². The molecule has 0 aliphatic heterocycles. The van der Waals surface area contributed by atoms with Crippen molar-refractivity contribution in [2.45, 2.75) is 26.7 Å². The van der Waals surface area contributed by atoms with Crippen LogP contribution >= 0.6 is 22.9 Å². The number of aryl methyl sites for hydroxylation is 1. The van der Waals surface area contributed by atoms with Crippen LogP contribution in [0.2, 0.25) is 5.02 Å². The van der Waals surface area contributed by atoms with Gasteiger partial charge in [0.15, 0.2) is 5.13 Å². The number of rotatable bonds is 7. The number of aromatic nitrogens is 1. The third-order valence-corrected chi connectivity index (χ3v) is 4.17. The quantitative estimate of drug-likeness (QED) is 0.745. The van der Waals surface area contributed by atoms with Gasteiger partial charge in [0.25, 0.3) is 0 Å². The summed E-state index contributed by atoms with van der Waals surface area (Å²) < 4.78 is 0. The number of benzene rings is 1. The lowest BCUT2D eigenvalue weighted by molar-refractivity contribution is 0.667. The average Bonchev–Trinajstić information content (AvgIpc) is 2.87. The van der Waals surface area contributed by atoms with Gasteiger partial charge in [0.1, 0.15) is 0 Å². The molecule has 0 aliphatic carbocycles. The van der Waals surface area contributed by atoms with Gasteiger partial charge in [0.2, 0.25) is 0 Å². The Balaban J connectivity index is 1.90. The second kappa shape index (κ2) is 7.62. The minimum absolute atomic E-state index is 0.774. The fourth-order valence-corrected chi connectivity index (χ4v) is 2.74. The highest BCUT2D eigenvalue weighted by Gasteiger charge is 2.03. The Bertz CT molecular complexity index is 554. The van der Waals surface area contributed by atoms with Crippen molar-refractivity contribution in [1.82, 2.24) is 10.3 Å². The molecule has 0 amide bonds. The van der Waals surface area contributed by atoms with Crippen molar-refractivity contribution >= 4 is 33.8 Å². The maximum Gasteiger partial charge on any atom is 0.187 e. The lowest BCUT2D eigenvalue weighted by atomic mass is 10.2. The first-order valence-electron chi connectivity index (χ1n) is 6.87. The van der Waals surface area contributed by atoms with Crippen LogP contribution in [0.5, 0.6) is 0 Å². The molecule has 0 radical (unpaired) electrons. The number of anilines is 2. The molecule has 0 saturated carbocycles. The molecule has 2 rings (SSSR count). The monoisotopic (exact) mass is 309 g/mol. The zero-order chi connectivity index (χ0) is 14.4. The van der Waals surface area contributed by atoms with E-state index < -0.39 is 0 Å². The average molecular weight is 310 g/mol. The molecule has 108 valence electrons. The second-order valence-corrected chi connectivity index (χ2v) is 6.00. The van der Waals surface area contributed by atoms with Crippen LogP contribution in [-0.2, 0) is 6.42 Å². The number of nitrogens with one attached hydrogen (secondary N) is 2. The van der Waals surface area contributed by atoms with Crippen LogP contribution in [0.15, 0.2) is 23.6 Å². The summed E-state index contributed by atoms with van der Waals surface area (Å²) in [6.07, 6.45) is 2.13. The van der Waals surface area contributed by atoms with Gasteiger partial charge in [0, 0.05) is 29.1 Å². The maximum atomic E-state index is 6.12. The number of hydrogen-bond acceptors (Lipinski definition) is 4. The van der Waals surface area contributed by atoms with Crippen molar-refractivity contribution in [2.24, 2.45) is 0 Å². The van der Waals surface area contributed by atoms with Crippen LogP contribution in [0.4, 0.5) is 10.8 Å². The largest absolute Gasteiger partial charge is 0.331 e. The standard InChI is InChI=1S/C15H20ClN3S/c1-3-7-17-8-6-13-10-20-15(19-13)18-12-5-4-11(2)14(16)9-12/h4-5,9-10,17H,3,6-8H2,1-2H3,(H,18,19). The number of halogens is 1. The first-order chi connectivity index (χ1) is 9.69. The summed E-state index contributed by atoms with van der Waals surface area (Å²) in [5.41, 5.74) is 3.18. The summed E-state index contributed by atoms with van der Waals surface area (Å²) in [5.74, 6) is 0. The molecule has 0 aliphatic rings. The SMILES string of the molecule is CCCNCCc1csc(Nc2ccc(C)c(Cl)c2)n1. The topological polar surface area (TPSA) is 37.0 Å². The molecular formula is C15H20ClN3S. The molecular weight excluding hydrogens is 290 g/mol. The van der Waals surface area contributed by atoms with E-state index in [1.165, 1.54) is 0 Å². The lowest BCUT2D eigenvalue weighted by Crippen LogP contribution is -2.17. The Morgan fingerprint density at radius 3 is 2.90 bits per heavy atom. The molecule has 2 N–H and O–H groups in total. The van der Waals surface area contributed by atoms with Gasteiger partial charge in [-0.05, 0) is 37.6 Å². The lowest BCUT2D eigenvalue weighted by Gasteiger charge is -2.04. The van der Waals surface area contributed by atoms with Gasteiger partial charge in [-0.2, -0.15) is 0 Å². The molecule has 0 saturated heterocycles. The van der Waals surface area contributed by atoms with Gasteiger partial charge in [-0.25, -0.2) is 4.98 Å². The molecule has 20 heavy (non-hydrogen) atoms. The third-order valence-electron chi connectivity index (χ3n) is 2.96. The van der Waals surface area contributed by atoms with E-state index in [1.807, 2.05) is 25.1 Å². The van der Waals surface area contributed by atoms with Crippen molar-refractivity contribution < 1.29 is 0 Å². The normalized spacial score (nSPS) is 10.8. The molecule has 0 unspecified atom stereocenters. The van der Waals surface area contributed by atoms with E-state index >= 15 is 0 Å². The highest BCUT2D eigenvalue weighted by molar-refractivity contribution is 7.13. The van der Waals surface area contributed by atoms with E-state index in [4.69, 9.17) is 11.6 Å². The number of thiazole rings is 1. The van der Waals surface area contributed by atoms with E-state index in [2.05, 4.69) is 27.9 Å². The smallest absolute Gasteiger partial charge is 0.187 e. The molecule has 0 atom stereocenters. The number of hydrogen-bond donors (Lipinski definition) is 2. The molecule has 1 heterocycles. The first kappa shape index (κ1) is 15.3. The van der Waals surface area contributed by atoms with Crippen molar-refractivity contribution in [1.29, 1.82) is 0 Å². The summed E-state index contributed by atoms with van der Waals surface area (Å²) in [5, 5.41) is 10.5. The first-order valence-corrected chi connectivity index (χ1v) is 8.13. The van der Waals surface area contributed by atoms with Gasteiger partial charge in [-0.1, -0.05) is 24.6 Å². The summed E-state index contributed by atoms with van der Waals surface area (Å²) in [6.45, 7) is 6.21. The van der Waals surface area contributed by atoms with E-state index in [9.17, 15) is 0 Å². The zero-order valence-electron chi connectivity index (χ0n) is 11.9. The van der Waals surface area contributed by atoms with Crippen LogP contribution in [-0.4, -0.2) is 18.1 Å². The third kappa shape index (κ3) is 4.47. The van der Waals surface area contributed by atoms with E-state index in [1.54, 1.807) is 11.3 Å². The highest BCUT2D eigenvalue weighted by Crippen LogP contribution is 2.25. The Morgan fingerprint density at radius 1 is 1.30 bits per heavy atom. The van der Waals surface area contributed by atoms with Crippen molar-refractivity contribution in [3.05, 3.63) is 39.9 Å². The van der Waals surface area contributed by atoms with Crippen LogP contribution in [0.3, 0.4) is 0 Å². The van der Waals surface area contributed by atoms with E-state index in [0.29, 0.717) is 0 Å². The molecule has 2 aromatic rings. The molecule has 0 fully saturated rings. The van der Waals surface area contributed by atoms with Gasteiger partial charge >= 0.3 is 0 Å². The Kier molecular flexibility index (Phi) is 5.83. The zero-order valence-corrected chi connectivity index (χ0v) is 13.4. The molecule has 1 aromatic heterocycles. The Labute approximate surface area is 129 Å². The van der Waals surface area contributed by atoms with Gasteiger partial charge in [-0.15, -0.1) is 11.3 Å². The van der Waals surface area contributed by atoms with Crippen LogP contribution in [0.25, 0.3) is 0 Å².